The highest BCUT2D eigenvalue weighted by Crippen LogP contribution is 2.38. The summed E-state index contributed by atoms with van der Waals surface area (Å²) >= 11 is 0. The van der Waals surface area contributed by atoms with E-state index < -0.39 is 0 Å². The second-order valence-corrected chi connectivity index (χ2v) is 4.61. The van der Waals surface area contributed by atoms with Crippen molar-refractivity contribution in [3.05, 3.63) is 0 Å². The molecule has 1 aliphatic carbocycles. The Bertz CT molecular complexity index is 125. The molecule has 1 heteroatoms. The smallest absolute Gasteiger partial charge is 0.0142 e. The molecule has 1 unspecified atom stereocenters. The van der Waals surface area contributed by atoms with E-state index in [0.717, 1.165) is 12.0 Å². The fourth-order valence-corrected chi connectivity index (χ4v) is 2.05. The van der Waals surface area contributed by atoms with Crippen molar-refractivity contribution >= 4 is 0 Å². The molecule has 0 aromatic heterocycles. The molecule has 1 N–H and O–H groups in total. The van der Waals surface area contributed by atoms with Gasteiger partial charge in [-0.3, -0.25) is 0 Å². The van der Waals surface area contributed by atoms with Crippen LogP contribution in [-0.4, -0.2) is 11.6 Å². The van der Waals surface area contributed by atoms with E-state index in [-0.39, 0.29) is 0 Å². The molecule has 2 fully saturated rings. The molecule has 1 saturated carbocycles. The second-order valence-electron chi connectivity index (χ2n) is 4.61. The van der Waals surface area contributed by atoms with E-state index >= 15 is 0 Å². The summed E-state index contributed by atoms with van der Waals surface area (Å²) in [4.78, 5) is 0. The van der Waals surface area contributed by atoms with Crippen LogP contribution in [0.1, 0.15) is 39.5 Å². The van der Waals surface area contributed by atoms with Crippen LogP contribution in [0.3, 0.4) is 0 Å². The van der Waals surface area contributed by atoms with Crippen LogP contribution in [0.4, 0.5) is 0 Å². The van der Waals surface area contributed by atoms with Crippen LogP contribution in [0.25, 0.3) is 0 Å². The first-order chi connectivity index (χ1) is 4.66. The van der Waals surface area contributed by atoms with Gasteiger partial charge in [-0.05, 0) is 32.6 Å². The SMILES string of the molecule is CC1(C)CC(CC2CC2)N1. The standard InChI is InChI=1S/C9H17N/c1-9(2)6-8(10-9)5-7-3-4-7/h7-8,10H,3-6H2,1-2H3. The predicted octanol–water partition coefficient (Wildman–Crippen LogP) is 1.93. The monoisotopic (exact) mass is 139 g/mol. The maximum Gasteiger partial charge on any atom is 0.0142 e. The van der Waals surface area contributed by atoms with Crippen molar-refractivity contribution in [3.63, 3.8) is 0 Å². The average molecular weight is 139 g/mol. The summed E-state index contributed by atoms with van der Waals surface area (Å²) in [5.74, 6) is 1.09. The van der Waals surface area contributed by atoms with Gasteiger partial charge in [0.2, 0.25) is 0 Å². The lowest BCUT2D eigenvalue weighted by Gasteiger charge is -2.44. The molecule has 1 atom stereocenters. The van der Waals surface area contributed by atoms with Gasteiger partial charge < -0.3 is 5.32 Å². The fourth-order valence-electron chi connectivity index (χ4n) is 2.05. The zero-order chi connectivity index (χ0) is 7.19. The van der Waals surface area contributed by atoms with Crippen LogP contribution in [0.15, 0.2) is 0 Å². The first kappa shape index (κ1) is 6.66. The van der Waals surface area contributed by atoms with E-state index in [0.29, 0.717) is 5.54 Å². The Kier molecular flexibility index (Phi) is 1.31. The molecule has 2 rings (SSSR count). The Morgan fingerprint density at radius 3 is 2.40 bits per heavy atom. The first-order valence-electron chi connectivity index (χ1n) is 4.43. The van der Waals surface area contributed by atoms with Gasteiger partial charge in [-0.1, -0.05) is 12.8 Å². The van der Waals surface area contributed by atoms with Crippen LogP contribution in [0, 0.1) is 5.92 Å². The minimum absolute atomic E-state index is 0.458. The summed E-state index contributed by atoms with van der Waals surface area (Å²) in [6.45, 7) is 4.58. The van der Waals surface area contributed by atoms with Gasteiger partial charge in [-0.25, -0.2) is 0 Å². The van der Waals surface area contributed by atoms with Gasteiger partial charge in [0.15, 0.2) is 0 Å². The van der Waals surface area contributed by atoms with Crippen molar-refractivity contribution < 1.29 is 0 Å². The highest BCUT2D eigenvalue weighted by atomic mass is 15.1. The first-order valence-corrected chi connectivity index (χ1v) is 4.43. The van der Waals surface area contributed by atoms with Crippen LogP contribution in [-0.2, 0) is 0 Å². The molecule has 0 amide bonds. The Balaban J connectivity index is 1.69. The molecule has 0 aromatic carbocycles. The predicted molar refractivity (Wildman–Crippen MR) is 43.0 cm³/mol. The molecule has 0 spiro atoms. The molecular weight excluding hydrogens is 122 g/mol. The molecule has 1 heterocycles. The number of nitrogens with one attached hydrogen (secondary N) is 1. The summed E-state index contributed by atoms with van der Waals surface area (Å²) in [6.07, 6.45) is 5.84. The van der Waals surface area contributed by atoms with E-state index in [2.05, 4.69) is 19.2 Å². The van der Waals surface area contributed by atoms with Crippen molar-refractivity contribution in [2.75, 3.05) is 0 Å². The van der Waals surface area contributed by atoms with Gasteiger partial charge in [0, 0.05) is 11.6 Å². The van der Waals surface area contributed by atoms with Crippen LogP contribution < -0.4 is 5.32 Å². The maximum absolute atomic E-state index is 3.59. The lowest BCUT2D eigenvalue weighted by Crippen LogP contribution is -2.59. The molecule has 2 aliphatic rings. The quantitative estimate of drug-likeness (QED) is 0.616. The normalized spacial score (nSPS) is 37.2. The van der Waals surface area contributed by atoms with Crippen molar-refractivity contribution in [1.82, 2.24) is 5.32 Å². The third-order valence-electron chi connectivity index (χ3n) is 2.67. The fraction of sp³-hybridized carbons (Fsp3) is 1.00. The number of hydrogen-bond donors (Lipinski definition) is 1. The summed E-state index contributed by atoms with van der Waals surface area (Å²) in [7, 11) is 0. The van der Waals surface area contributed by atoms with Crippen molar-refractivity contribution in [3.8, 4) is 0 Å². The van der Waals surface area contributed by atoms with Gasteiger partial charge >= 0.3 is 0 Å². The Morgan fingerprint density at radius 1 is 1.40 bits per heavy atom. The van der Waals surface area contributed by atoms with Crippen LogP contribution >= 0.6 is 0 Å². The van der Waals surface area contributed by atoms with Crippen molar-refractivity contribution in [2.24, 2.45) is 5.92 Å². The Morgan fingerprint density at radius 2 is 2.00 bits per heavy atom. The summed E-state index contributed by atoms with van der Waals surface area (Å²) < 4.78 is 0. The second kappa shape index (κ2) is 1.97. The lowest BCUT2D eigenvalue weighted by atomic mass is 9.83. The highest BCUT2D eigenvalue weighted by Gasteiger charge is 2.37. The topological polar surface area (TPSA) is 12.0 Å². The molecule has 0 bridgehead atoms. The van der Waals surface area contributed by atoms with Crippen LogP contribution in [0.2, 0.25) is 0 Å². The van der Waals surface area contributed by atoms with Gasteiger partial charge in [-0.2, -0.15) is 0 Å². The van der Waals surface area contributed by atoms with Crippen LogP contribution in [0.5, 0.6) is 0 Å². The zero-order valence-corrected chi connectivity index (χ0v) is 6.98. The van der Waals surface area contributed by atoms with E-state index in [9.17, 15) is 0 Å². The van der Waals surface area contributed by atoms with Gasteiger partial charge in [0.05, 0.1) is 0 Å². The minimum atomic E-state index is 0.458. The summed E-state index contributed by atoms with van der Waals surface area (Å²) in [5.41, 5.74) is 0.458. The third-order valence-corrected chi connectivity index (χ3v) is 2.67. The summed E-state index contributed by atoms with van der Waals surface area (Å²) in [5, 5.41) is 3.59. The largest absolute Gasteiger partial charge is 0.309 e. The zero-order valence-electron chi connectivity index (χ0n) is 6.98. The van der Waals surface area contributed by atoms with Crippen molar-refractivity contribution in [2.45, 2.75) is 51.1 Å². The van der Waals surface area contributed by atoms with E-state index in [1.54, 1.807) is 0 Å². The molecule has 0 aromatic rings. The molecular formula is C9H17N. The highest BCUT2D eigenvalue weighted by molar-refractivity contribution is 4.98. The van der Waals surface area contributed by atoms with E-state index in [4.69, 9.17) is 0 Å². The molecule has 1 saturated heterocycles. The third kappa shape index (κ3) is 1.34. The molecule has 1 aliphatic heterocycles. The molecule has 58 valence electrons. The summed E-state index contributed by atoms with van der Waals surface area (Å²) in [6, 6.07) is 0.863. The lowest BCUT2D eigenvalue weighted by molar-refractivity contribution is 0.162. The van der Waals surface area contributed by atoms with E-state index in [1.165, 1.54) is 25.7 Å². The Hall–Kier alpha value is -0.0400. The molecule has 0 radical (unpaired) electrons. The van der Waals surface area contributed by atoms with Gasteiger partial charge in [-0.15, -0.1) is 0 Å². The van der Waals surface area contributed by atoms with Crippen molar-refractivity contribution in [1.29, 1.82) is 0 Å². The van der Waals surface area contributed by atoms with E-state index in [1.807, 2.05) is 0 Å². The number of rotatable bonds is 2. The van der Waals surface area contributed by atoms with Gasteiger partial charge in [0.1, 0.15) is 0 Å². The maximum atomic E-state index is 3.59. The van der Waals surface area contributed by atoms with Gasteiger partial charge in [0.25, 0.3) is 0 Å². The number of hydrogen-bond acceptors (Lipinski definition) is 1. The molecule has 10 heavy (non-hydrogen) atoms. The Labute approximate surface area is 63.2 Å². The average Bonchev–Trinajstić information content (AvgIpc) is 2.44. The molecule has 1 nitrogen and oxygen atoms in total. The minimum Gasteiger partial charge on any atom is -0.309 e.